The second kappa shape index (κ2) is 6.13. The van der Waals surface area contributed by atoms with E-state index in [0.29, 0.717) is 0 Å². The number of halogens is 2. The largest absolute Gasteiger partial charge is 0.368 e. The third kappa shape index (κ3) is 3.32. The minimum Gasteiger partial charge on any atom is -0.368 e. The van der Waals surface area contributed by atoms with Crippen molar-refractivity contribution in [3.63, 3.8) is 0 Å². The van der Waals surface area contributed by atoms with Crippen LogP contribution >= 0.6 is 38.5 Å². The van der Waals surface area contributed by atoms with Crippen LogP contribution in [0, 0.1) is 3.57 Å². The van der Waals surface area contributed by atoms with E-state index in [9.17, 15) is 4.79 Å². The first-order valence-electron chi connectivity index (χ1n) is 6.01. The third-order valence-corrected chi connectivity index (χ3v) is 4.35. The average Bonchev–Trinajstić information content (AvgIpc) is 2.39. The molecule has 0 bridgehead atoms. The fourth-order valence-electron chi connectivity index (χ4n) is 1.91. The second-order valence-electron chi connectivity index (χ2n) is 4.63. The summed E-state index contributed by atoms with van der Waals surface area (Å²) in [5.74, 6) is -0.418. The number of amides is 1. The number of hydrogen-bond acceptors (Lipinski definition) is 2. The first-order chi connectivity index (χ1) is 9.41. The van der Waals surface area contributed by atoms with Crippen molar-refractivity contribution in [3.05, 3.63) is 62.1 Å². The van der Waals surface area contributed by atoms with Crippen molar-refractivity contribution < 1.29 is 4.79 Å². The molecule has 0 radical (unpaired) electrons. The summed E-state index contributed by atoms with van der Waals surface area (Å²) >= 11 is 5.64. The van der Waals surface area contributed by atoms with E-state index >= 15 is 0 Å². The van der Waals surface area contributed by atoms with Crippen LogP contribution in [-0.4, -0.2) is 5.91 Å². The summed E-state index contributed by atoms with van der Waals surface area (Å²) in [7, 11) is 0. The van der Waals surface area contributed by atoms with E-state index in [0.717, 1.165) is 19.3 Å². The van der Waals surface area contributed by atoms with E-state index in [1.54, 1.807) is 6.92 Å². The molecule has 2 rings (SSSR count). The molecule has 3 nitrogen and oxygen atoms in total. The number of primary amides is 1. The van der Waals surface area contributed by atoms with Gasteiger partial charge >= 0.3 is 0 Å². The van der Waals surface area contributed by atoms with Crippen LogP contribution < -0.4 is 11.1 Å². The molecule has 3 N–H and O–H groups in total. The molecule has 0 fully saturated rings. The maximum Gasteiger partial charge on any atom is 0.247 e. The van der Waals surface area contributed by atoms with Gasteiger partial charge in [-0.2, -0.15) is 0 Å². The van der Waals surface area contributed by atoms with Crippen LogP contribution in [0.4, 0.5) is 5.69 Å². The summed E-state index contributed by atoms with van der Waals surface area (Å²) in [4.78, 5) is 11.9. The zero-order valence-corrected chi connectivity index (χ0v) is 14.6. The van der Waals surface area contributed by atoms with Gasteiger partial charge in [-0.3, -0.25) is 4.79 Å². The van der Waals surface area contributed by atoms with Gasteiger partial charge in [-0.25, -0.2) is 0 Å². The van der Waals surface area contributed by atoms with E-state index in [1.807, 2.05) is 48.5 Å². The number of benzene rings is 2. The minimum atomic E-state index is -0.953. The number of carbonyl (C=O) groups excluding carboxylic acids is 1. The molecule has 20 heavy (non-hydrogen) atoms. The number of hydrogen-bond donors (Lipinski definition) is 2. The average molecular weight is 445 g/mol. The molecule has 0 aliphatic heterocycles. The Bertz CT molecular complexity index is 630. The Hall–Kier alpha value is -1.08. The Morgan fingerprint density at radius 2 is 1.90 bits per heavy atom. The molecule has 0 aliphatic rings. The number of nitrogens with two attached hydrogens (primary N) is 1. The van der Waals surface area contributed by atoms with Gasteiger partial charge in [0, 0.05) is 13.7 Å². The van der Waals surface area contributed by atoms with Gasteiger partial charge in [0.05, 0.1) is 0 Å². The van der Waals surface area contributed by atoms with Crippen molar-refractivity contribution in [3.8, 4) is 0 Å². The molecule has 5 heteroatoms. The van der Waals surface area contributed by atoms with Gasteiger partial charge < -0.3 is 11.1 Å². The van der Waals surface area contributed by atoms with E-state index in [1.165, 1.54) is 0 Å². The molecular weight excluding hydrogens is 431 g/mol. The van der Waals surface area contributed by atoms with Gasteiger partial charge in [-0.05, 0) is 65.4 Å². The maximum atomic E-state index is 11.9. The monoisotopic (exact) mass is 444 g/mol. The summed E-state index contributed by atoms with van der Waals surface area (Å²) < 4.78 is 2.05. The third-order valence-electron chi connectivity index (χ3n) is 3.13. The lowest BCUT2D eigenvalue weighted by Gasteiger charge is -2.29. The molecule has 1 unspecified atom stereocenters. The summed E-state index contributed by atoms with van der Waals surface area (Å²) in [5.41, 5.74) is 6.33. The highest BCUT2D eigenvalue weighted by molar-refractivity contribution is 14.1. The summed E-state index contributed by atoms with van der Waals surface area (Å²) in [6.07, 6.45) is 0. The predicted molar refractivity (Wildman–Crippen MR) is 93.5 cm³/mol. The van der Waals surface area contributed by atoms with Gasteiger partial charge in [-0.1, -0.05) is 34.1 Å². The SMILES string of the molecule is CC(Nc1cccc(Br)c1)(C(N)=O)c1ccc(I)cc1. The van der Waals surface area contributed by atoms with Crippen LogP contribution in [-0.2, 0) is 10.3 Å². The molecule has 1 atom stereocenters. The fraction of sp³-hybridized carbons (Fsp3) is 0.133. The normalized spacial score (nSPS) is 13.6. The standard InChI is InChI=1S/C15H14BrIN2O/c1-15(14(18)20,10-5-7-12(17)8-6-10)19-13-4-2-3-11(16)9-13/h2-9,19H,1H3,(H2,18,20). The van der Waals surface area contributed by atoms with Gasteiger partial charge in [-0.15, -0.1) is 0 Å². The van der Waals surface area contributed by atoms with Gasteiger partial charge in [0.25, 0.3) is 0 Å². The molecule has 0 aliphatic carbocycles. The van der Waals surface area contributed by atoms with Crippen molar-refractivity contribution in [1.29, 1.82) is 0 Å². The van der Waals surface area contributed by atoms with Crippen LogP contribution in [0.15, 0.2) is 53.0 Å². The Kier molecular flexibility index (Phi) is 4.70. The topological polar surface area (TPSA) is 55.1 Å². The van der Waals surface area contributed by atoms with Crippen LogP contribution in [0.3, 0.4) is 0 Å². The van der Waals surface area contributed by atoms with Crippen molar-refractivity contribution >= 4 is 50.1 Å². The van der Waals surface area contributed by atoms with E-state index in [2.05, 4.69) is 43.8 Å². The number of carbonyl (C=O) groups is 1. The highest BCUT2D eigenvalue weighted by Gasteiger charge is 2.33. The van der Waals surface area contributed by atoms with Gasteiger partial charge in [0.15, 0.2) is 0 Å². The van der Waals surface area contributed by atoms with Crippen LogP contribution in [0.25, 0.3) is 0 Å². The Balaban J connectivity index is 2.39. The van der Waals surface area contributed by atoms with E-state index < -0.39 is 11.4 Å². The Labute approximate surface area is 140 Å². The lowest BCUT2D eigenvalue weighted by atomic mass is 9.91. The molecular formula is C15H14BrIN2O. The highest BCUT2D eigenvalue weighted by Crippen LogP contribution is 2.28. The maximum absolute atomic E-state index is 11.9. The van der Waals surface area contributed by atoms with Crippen molar-refractivity contribution in [2.24, 2.45) is 5.73 Å². The highest BCUT2D eigenvalue weighted by atomic mass is 127. The van der Waals surface area contributed by atoms with E-state index in [-0.39, 0.29) is 0 Å². The lowest BCUT2D eigenvalue weighted by Crippen LogP contribution is -2.45. The van der Waals surface area contributed by atoms with Gasteiger partial charge in [0.1, 0.15) is 5.54 Å². The molecule has 0 saturated heterocycles. The fourth-order valence-corrected chi connectivity index (χ4v) is 2.67. The molecule has 104 valence electrons. The number of anilines is 1. The number of nitrogens with one attached hydrogen (secondary N) is 1. The first-order valence-corrected chi connectivity index (χ1v) is 7.89. The summed E-state index contributed by atoms with van der Waals surface area (Å²) in [6.45, 7) is 1.79. The Morgan fingerprint density at radius 3 is 2.45 bits per heavy atom. The quantitative estimate of drug-likeness (QED) is 0.703. The van der Waals surface area contributed by atoms with Crippen molar-refractivity contribution in [2.75, 3.05) is 5.32 Å². The summed E-state index contributed by atoms with van der Waals surface area (Å²) in [5, 5.41) is 3.22. The lowest BCUT2D eigenvalue weighted by molar-refractivity contribution is -0.122. The number of rotatable bonds is 4. The van der Waals surface area contributed by atoms with Crippen LogP contribution in [0.2, 0.25) is 0 Å². The van der Waals surface area contributed by atoms with Crippen molar-refractivity contribution in [1.82, 2.24) is 0 Å². The van der Waals surface area contributed by atoms with Crippen molar-refractivity contribution in [2.45, 2.75) is 12.5 Å². The molecule has 0 aromatic heterocycles. The molecule has 2 aromatic rings. The van der Waals surface area contributed by atoms with Gasteiger partial charge in [0.2, 0.25) is 5.91 Å². The summed E-state index contributed by atoms with van der Waals surface area (Å²) in [6, 6.07) is 15.4. The zero-order chi connectivity index (χ0) is 14.8. The predicted octanol–water partition coefficient (Wildman–Crippen LogP) is 3.87. The Morgan fingerprint density at radius 1 is 1.25 bits per heavy atom. The van der Waals surface area contributed by atoms with E-state index in [4.69, 9.17) is 5.73 Å². The first kappa shape index (κ1) is 15.3. The minimum absolute atomic E-state index is 0.418. The molecule has 2 aromatic carbocycles. The molecule has 0 heterocycles. The molecule has 1 amide bonds. The second-order valence-corrected chi connectivity index (χ2v) is 6.79. The zero-order valence-electron chi connectivity index (χ0n) is 10.9. The molecule has 0 saturated carbocycles. The smallest absolute Gasteiger partial charge is 0.247 e. The molecule has 0 spiro atoms. The van der Waals surface area contributed by atoms with Crippen LogP contribution in [0.5, 0.6) is 0 Å². The van der Waals surface area contributed by atoms with Crippen LogP contribution in [0.1, 0.15) is 12.5 Å².